The molecule has 0 N–H and O–H groups in total. The molecule has 4 heteroatoms. The number of ether oxygens (including phenoxy) is 1. The summed E-state index contributed by atoms with van der Waals surface area (Å²) < 4.78 is 10.6. The molecule has 0 unspecified atom stereocenters. The fourth-order valence-electron chi connectivity index (χ4n) is 2.93. The molecule has 1 aromatic carbocycles. The van der Waals surface area contributed by atoms with E-state index >= 15 is 0 Å². The van der Waals surface area contributed by atoms with Crippen LogP contribution in [-0.2, 0) is 17.8 Å². The van der Waals surface area contributed by atoms with Crippen LogP contribution >= 0.6 is 0 Å². The predicted octanol–water partition coefficient (Wildman–Crippen LogP) is 3.85. The fraction of sp³-hybridized carbons (Fsp3) is 0.421. The van der Waals surface area contributed by atoms with Crippen LogP contribution in [0.5, 0.6) is 0 Å². The van der Waals surface area contributed by atoms with Gasteiger partial charge in [-0.1, -0.05) is 29.8 Å². The molecule has 0 aliphatic heterocycles. The SMILES string of the molecule is COC(=O)c1cc(CN(Cc2cccc(C)c2)C2CC2)oc1C. The lowest BCUT2D eigenvalue weighted by Crippen LogP contribution is -2.24. The normalized spacial score (nSPS) is 14.3. The number of esters is 1. The van der Waals surface area contributed by atoms with Gasteiger partial charge in [-0.15, -0.1) is 0 Å². The number of carbonyl (C=O) groups is 1. The molecular weight excluding hydrogens is 290 g/mol. The summed E-state index contributed by atoms with van der Waals surface area (Å²) in [6, 6.07) is 11.0. The third-order valence-electron chi connectivity index (χ3n) is 4.26. The Morgan fingerprint density at radius 3 is 2.70 bits per heavy atom. The van der Waals surface area contributed by atoms with Gasteiger partial charge in [-0.3, -0.25) is 4.90 Å². The Balaban J connectivity index is 1.74. The highest BCUT2D eigenvalue weighted by atomic mass is 16.5. The molecule has 1 aliphatic carbocycles. The average Bonchev–Trinajstić information content (AvgIpc) is 3.30. The van der Waals surface area contributed by atoms with E-state index in [1.165, 1.54) is 31.1 Å². The highest BCUT2D eigenvalue weighted by Crippen LogP contribution is 2.30. The molecule has 3 rings (SSSR count). The Morgan fingerprint density at radius 2 is 2.04 bits per heavy atom. The standard InChI is InChI=1S/C19H23NO3/c1-13-5-4-6-15(9-13)11-20(16-7-8-16)12-17-10-18(14(2)23-17)19(21)22-3/h4-6,9-10,16H,7-8,11-12H2,1-3H3. The second-order valence-corrected chi connectivity index (χ2v) is 6.30. The molecule has 0 amide bonds. The maximum absolute atomic E-state index is 11.7. The Morgan fingerprint density at radius 1 is 1.26 bits per heavy atom. The maximum Gasteiger partial charge on any atom is 0.341 e. The lowest BCUT2D eigenvalue weighted by atomic mass is 10.1. The molecule has 1 saturated carbocycles. The zero-order chi connectivity index (χ0) is 16.4. The second kappa shape index (κ2) is 6.59. The minimum atomic E-state index is -0.339. The first-order valence-corrected chi connectivity index (χ1v) is 8.04. The van der Waals surface area contributed by atoms with Gasteiger partial charge in [-0.05, 0) is 38.3 Å². The Labute approximate surface area is 137 Å². The van der Waals surface area contributed by atoms with Gasteiger partial charge in [0, 0.05) is 12.6 Å². The molecule has 2 aromatic rings. The average molecular weight is 313 g/mol. The third kappa shape index (κ3) is 3.82. The van der Waals surface area contributed by atoms with E-state index in [1.807, 2.05) is 6.07 Å². The molecule has 0 saturated heterocycles. The highest BCUT2D eigenvalue weighted by Gasteiger charge is 2.30. The quantitative estimate of drug-likeness (QED) is 0.760. The fourth-order valence-corrected chi connectivity index (χ4v) is 2.93. The van der Waals surface area contributed by atoms with Gasteiger partial charge in [0.25, 0.3) is 0 Å². The van der Waals surface area contributed by atoms with Gasteiger partial charge in [0.15, 0.2) is 0 Å². The van der Waals surface area contributed by atoms with E-state index in [9.17, 15) is 4.79 Å². The zero-order valence-corrected chi connectivity index (χ0v) is 14.0. The van der Waals surface area contributed by atoms with Crippen LogP contribution in [0.25, 0.3) is 0 Å². The zero-order valence-electron chi connectivity index (χ0n) is 14.0. The van der Waals surface area contributed by atoms with E-state index in [4.69, 9.17) is 9.15 Å². The number of carbonyl (C=O) groups excluding carboxylic acids is 1. The smallest absolute Gasteiger partial charge is 0.341 e. The van der Waals surface area contributed by atoms with Crippen LogP contribution in [0.2, 0.25) is 0 Å². The number of furan rings is 1. The molecule has 1 aliphatic rings. The predicted molar refractivity (Wildman–Crippen MR) is 88.2 cm³/mol. The van der Waals surface area contributed by atoms with Gasteiger partial charge in [-0.2, -0.15) is 0 Å². The van der Waals surface area contributed by atoms with Gasteiger partial charge < -0.3 is 9.15 Å². The summed E-state index contributed by atoms with van der Waals surface area (Å²) in [7, 11) is 1.39. The Bertz CT molecular complexity index is 700. The summed E-state index contributed by atoms with van der Waals surface area (Å²) in [5.41, 5.74) is 3.11. The van der Waals surface area contributed by atoms with Crippen molar-refractivity contribution in [3.05, 3.63) is 58.5 Å². The van der Waals surface area contributed by atoms with Crippen LogP contribution in [0, 0.1) is 13.8 Å². The molecule has 4 nitrogen and oxygen atoms in total. The number of rotatable bonds is 6. The largest absolute Gasteiger partial charge is 0.465 e. The number of aryl methyl sites for hydroxylation is 2. The van der Waals surface area contributed by atoms with Crippen LogP contribution in [0.3, 0.4) is 0 Å². The molecule has 0 radical (unpaired) electrons. The number of nitrogens with zero attached hydrogens (tertiary/aromatic N) is 1. The van der Waals surface area contributed by atoms with Gasteiger partial charge in [0.1, 0.15) is 17.1 Å². The molecule has 1 fully saturated rings. The van der Waals surface area contributed by atoms with Crippen molar-refractivity contribution in [3.63, 3.8) is 0 Å². The van der Waals surface area contributed by atoms with Crippen molar-refractivity contribution in [2.75, 3.05) is 7.11 Å². The first kappa shape index (κ1) is 15.8. The highest BCUT2D eigenvalue weighted by molar-refractivity contribution is 5.90. The van der Waals surface area contributed by atoms with Crippen molar-refractivity contribution >= 4 is 5.97 Å². The van der Waals surface area contributed by atoms with E-state index in [0.29, 0.717) is 17.4 Å². The van der Waals surface area contributed by atoms with E-state index in [0.717, 1.165) is 18.8 Å². The molecule has 1 aromatic heterocycles. The van der Waals surface area contributed by atoms with Crippen LogP contribution in [-0.4, -0.2) is 24.0 Å². The number of hydrogen-bond acceptors (Lipinski definition) is 4. The lowest BCUT2D eigenvalue weighted by molar-refractivity contribution is 0.0599. The van der Waals surface area contributed by atoms with Gasteiger partial charge in [0.05, 0.1) is 13.7 Å². The van der Waals surface area contributed by atoms with Gasteiger partial charge >= 0.3 is 5.97 Å². The summed E-state index contributed by atoms with van der Waals surface area (Å²) >= 11 is 0. The Hall–Kier alpha value is -2.07. The van der Waals surface area contributed by atoms with E-state index in [-0.39, 0.29) is 5.97 Å². The van der Waals surface area contributed by atoms with Crippen molar-refractivity contribution in [1.82, 2.24) is 4.90 Å². The summed E-state index contributed by atoms with van der Waals surface area (Å²) in [6.07, 6.45) is 2.46. The first-order chi connectivity index (χ1) is 11.1. The summed E-state index contributed by atoms with van der Waals surface area (Å²) in [5.74, 6) is 1.11. The molecule has 1 heterocycles. The molecule has 0 bridgehead atoms. The van der Waals surface area contributed by atoms with E-state index < -0.39 is 0 Å². The third-order valence-corrected chi connectivity index (χ3v) is 4.26. The number of hydrogen-bond donors (Lipinski definition) is 0. The van der Waals surface area contributed by atoms with Crippen molar-refractivity contribution in [3.8, 4) is 0 Å². The molecule has 0 atom stereocenters. The van der Waals surface area contributed by atoms with Gasteiger partial charge in [0.2, 0.25) is 0 Å². The summed E-state index contributed by atoms with van der Waals surface area (Å²) in [5, 5.41) is 0. The minimum Gasteiger partial charge on any atom is -0.465 e. The summed E-state index contributed by atoms with van der Waals surface area (Å²) in [4.78, 5) is 14.1. The summed E-state index contributed by atoms with van der Waals surface area (Å²) in [6.45, 7) is 5.54. The van der Waals surface area contributed by atoms with Crippen molar-refractivity contribution in [2.45, 2.75) is 45.8 Å². The minimum absolute atomic E-state index is 0.339. The number of methoxy groups -OCH3 is 1. The van der Waals surface area contributed by atoms with Crippen LogP contribution in [0.15, 0.2) is 34.7 Å². The Kier molecular flexibility index (Phi) is 4.53. The molecule has 122 valence electrons. The molecule has 0 spiro atoms. The molecular formula is C19H23NO3. The second-order valence-electron chi connectivity index (χ2n) is 6.30. The van der Waals surface area contributed by atoms with Crippen molar-refractivity contribution < 1.29 is 13.9 Å². The maximum atomic E-state index is 11.7. The van der Waals surface area contributed by atoms with Crippen LogP contribution < -0.4 is 0 Å². The van der Waals surface area contributed by atoms with Crippen molar-refractivity contribution in [2.24, 2.45) is 0 Å². The van der Waals surface area contributed by atoms with Gasteiger partial charge in [-0.25, -0.2) is 4.79 Å². The lowest BCUT2D eigenvalue weighted by Gasteiger charge is -2.21. The number of benzene rings is 1. The first-order valence-electron chi connectivity index (χ1n) is 8.04. The van der Waals surface area contributed by atoms with Crippen LogP contribution in [0.4, 0.5) is 0 Å². The van der Waals surface area contributed by atoms with Crippen molar-refractivity contribution in [1.29, 1.82) is 0 Å². The molecule has 23 heavy (non-hydrogen) atoms. The monoisotopic (exact) mass is 313 g/mol. The topological polar surface area (TPSA) is 42.7 Å². The van der Waals surface area contributed by atoms with E-state index in [1.54, 1.807) is 6.92 Å². The van der Waals surface area contributed by atoms with E-state index in [2.05, 4.69) is 36.1 Å². The van der Waals surface area contributed by atoms with Crippen LogP contribution in [0.1, 0.15) is 45.8 Å².